The zero-order valence-corrected chi connectivity index (χ0v) is 15.0. The average Bonchev–Trinajstić information content (AvgIpc) is 2.82. The van der Waals surface area contributed by atoms with Crippen LogP contribution in [-0.4, -0.2) is 37.0 Å². The quantitative estimate of drug-likeness (QED) is 0.882. The van der Waals surface area contributed by atoms with Crippen LogP contribution in [0.15, 0.2) is 18.2 Å². The Morgan fingerprint density at radius 2 is 2.04 bits per heavy atom. The first kappa shape index (κ1) is 18.3. The zero-order valence-electron chi connectivity index (χ0n) is 15.0. The van der Waals surface area contributed by atoms with Crippen molar-refractivity contribution in [3.05, 3.63) is 29.3 Å². The fraction of sp³-hybridized carbons (Fsp3) is 0.579. The number of amides is 3. The summed E-state index contributed by atoms with van der Waals surface area (Å²) in [6, 6.07) is 5.30. The van der Waals surface area contributed by atoms with Gasteiger partial charge in [-0.05, 0) is 55.9 Å². The third kappa shape index (κ3) is 4.73. The molecule has 5 nitrogen and oxygen atoms in total. The fourth-order valence-electron chi connectivity index (χ4n) is 3.35. The lowest BCUT2D eigenvalue weighted by Gasteiger charge is -2.22. The first-order valence-corrected chi connectivity index (χ1v) is 8.93. The van der Waals surface area contributed by atoms with E-state index in [0.29, 0.717) is 5.56 Å². The number of carbonyl (C=O) groups is 2. The predicted octanol–water partition coefficient (Wildman–Crippen LogP) is 3.79. The summed E-state index contributed by atoms with van der Waals surface area (Å²) in [5, 5.41) is 5.60. The lowest BCUT2D eigenvalue weighted by atomic mass is 9.96. The Labute approximate surface area is 144 Å². The monoisotopic (exact) mass is 331 g/mol. The van der Waals surface area contributed by atoms with Crippen LogP contribution in [0.5, 0.6) is 0 Å². The van der Waals surface area contributed by atoms with Crippen molar-refractivity contribution in [1.82, 2.24) is 10.2 Å². The van der Waals surface area contributed by atoms with Gasteiger partial charge in [0.2, 0.25) is 0 Å². The lowest BCUT2D eigenvalue weighted by molar-refractivity contribution is 0.0963. The summed E-state index contributed by atoms with van der Waals surface area (Å²) >= 11 is 0. The highest BCUT2D eigenvalue weighted by atomic mass is 16.2. The van der Waals surface area contributed by atoms with Crippen molar-refractivity contribution in [2.24, 2.45) is 5.92 Å². The number of hydrogen-bond donors (Lipinski definition) is 2. The molecule has 1 heterocycles. The molecule has 1 fully saturated rings. The average molecular weight is 331 g/mol. The third-order valence-corrected chi connectivity index (χ3v) is 4.79. The molecule has 0 aliphatic carbocycles. The third-order valence-electron chi connectivity index (χ3n) is 4.79. The maximum atomic E-state index is 12.5. The highest BCUT2D eigenvalue weighted by molar-refractivity contribution is 5.96. The predicted molar refractivity (Wildman–Crippen MR) is 97.4 cm³/mol. The van der Waals surface area contributed by atoms with Crippen LogP contribution in [0.3, 0.4) is 0 Å². The molecular weight excluding hydrogens is 302 g/mol. The smallest absolute Gasteiger partial charge is 0.321 e. The van der Waals surface area contributed by atoms with Gasteiger partial charge < -0.3 is 15.5 Å². The van der Waals surface area contributed by atoms with Crippen molar-refractivity contribution < 1.29 is 9.59 Å². The van der Waals surface area contributed by atoms with Gasteiger partial charge in [-0.1, -0.05) is 19.8 Å². The van der Waals surface area contributed by atoms with E-state index < -0.39 is 0 Å². The molecule has 1 aromatic carbocycles. The van der Waals surface area contributed by atoms with E-state index in [0.717, 1.165) is 43.1 Å². The number of carbonyl (C=O) groups excluding carboxylic acids is 2. The maximum absolute atomic E-state index is 12.5. The Morgan fingerprint density at radius 1 is 1.25 bits per heavy atom. The Kier molecular flexibility index (Phi) is 6.64. The number of nitrogens with zero attached hydrogens (tertiary/aromatic N) is 1. The van der Waals surface area contributed by atoms with Crippen molar-refractivity contribution in [3.8, 4) is 0 Å². The van der Waals surface area contributed by atoms with E-state index in [9.17, 15) is 9.59 Å². The molecule has 0 radical (unpaired) electrons. The Morgan fingerprint density at radius 3 is 2.71 bits per heavy atom. The molecule has 1 aliphatic rings. The minimum atomic E-state index is -0.120. The molecule has 1 aliphatic heterocycles. The van der Waals surface area contributed by atoms with E-state index >= 15 is 0 Å². The van der Waals surface area contributed by atoms with E-state index in [1.807, 2.05) is 11.8 Å². The van der Waals surface area contributed by atoms with Gasteiger partial charge in [0, 0.05) is 31.4 Å². The minimum Gasteiger partial charge on any atom is -0.355 e. The number of nitrogens with one attached hydrogen (secondary N) is 2. The number of anilines is 1. The van der Waals surface area contributed by atoms with Gasteiger partial charge in [-0.25, -0.2) is 4.79 Å². The summed E-state index contributed by atoms with van der Waals surface area (Å²) in [6.45, 7) is 5.77. The van der Waals surface area contributed by atoms with Gasteiger partial charge >= 0.3 is 6.03 Å². The highest BCUT2D eigenvalue weighted by Gasteiger charge is 2.20. The summed E-state index contributed by atoms with van der Waals surface area (Å²) in [7, 11) is 1.61. The molecule has 1 aromatic rings. The first-order chi connectivity index (χ1) is 11.5. The SMILES string of the molecule is CCC[C@H]1CCCN(C(=O)Nc2ccc(C(=O)NC)cc2C)CC1. The topological polar surface area (TPSA) is 61.4 Å². The summed E-state index contributed by atoms with van der Waals surface area (Å²) in [5.41, 5.74) is 2.26. The van der Waals surface area contributed by atoms with Gasteiger partial charge in [-0.3, -0.25) is 4.79 Å². The second kappa shape index (κ2) is 8.71. The molecule has 0 spiro atoms. The van der Waals surface area contributed by atoms with Crippen molar-refractivity contribution in [2.75, 3.05) is 25.5 Å². The normalized spacial score (nSPS) is 18.0. The second-order valence-corrected chi connectivity index (χ2v) is 6.61. The number of benzene rings is 1. The van der Waals surface area contributed by atoms with E-state index in [4.69, 9.17) is 0 Å². The van der Waals surface area contributed by atoms with Crippen molar-refractivity contribution in [1.29, 1.82) is 0 Å². The van der Waals surface area contributed by atoms with Gasteiger partial charge in [0.05, 0.1) is 0 Å². The van der Waals surface area contributed by atoms with Gasteiger partial charge in [0.1, 0.15) is 0 Å². The van der Waals surface area contributed by atoms with Gasteiger partial charge in [-0.15, -0.1) is 0 Å². The lowest BCUT2D eigenvalue weighted by Crippen LogP contribution is -2.36. The molecule has 1 atom stereocenters. The molecule has 24 heavy (non-hydrogen) atoms. The molecule has 132 valence electrons. The zero-order chi connectivity index (χ0) is 17.5. The van der Waals surface area contributed by atoms with Crippen LogP contribution in [0.4, 0.5) is 10.5 Å². The highest BCUT2D eigenvalue weighted by Crippen LogP contribution is 2.23. The van der Waals surface area contributed by atoms with Gasteiger partial charge in [0.15, 0.2) is 0 Å². The number of aryl methyl sites for hydroxylation is 1. The van der Waals surface area contributed by atoms with E-state index in [2.05, 4.69) is 17.6 Å². The number of urea groups is 1. The number of hydrogen-bond acceptors (Lipinski definition) is 2. The van der Waals surface area contributed by atoms with Crippen LogP contribution >= 0.6 is 0 Å². The fourth-order valence-corrected chi connectivity index (χ4v) is 3.35. The molecule has 3 amide bonds. The Hall–Kier alpha value is -2.04. The van der Waals surface area contributed by atoms with Crippen molar-refractivity contribution >= 4 is 17.6 Å². The molecule has 0 unspecified atom stereocenters. The summed E-state index contributed by atoms with van der Waals surface area (Å²) in [6.07, 6.45) is 5.86. The van der Waals surface area contributed by atoms with Gasteiger partial charge in [-0.2, -0.15) is 0 Å². The van der Waals surface area contributed by atoms with E-state index in [1.54, 1.807) is 25.2 Å². The standard InChI is InChI=1S/C19H29N3O2/c1-4-6-15-7-5-11-22(12-10-15)19(24)21-17-9-8-16(13-14(17)2)18(23)20-3/h8-9,13,15H,4-7,10-12H2,1-3H3,(H,20,23)(H,21,24)/t15-/m0/s1. The molecule has 0 saturated carbocycles. The summed E-state index contributed by atoms with van der Waals surface area (Å²) < 4.78 is 0. The Bertz CT molecular complexity index is 586. The summed E-state index contributed by atoms with van der Waals surface area (Å²) in [4.78, 5) is 26.1. The first-order valence-electron chi connectivity index (χ1n) is 8.93. The molecule has 1 saturated heterocycles. The molecular formula is C19H29N3O2. The van der Waals surface area contributed by atoms with Crippen LogP contribution in [0.25, 0.3) is 0 Å². The van der Waals surface area contributed by atoms with Gasteiger partial charge in [0.25, 0.3) is 5.91 Å². The number of rotatable bonds is 4. The van der Waals surface area contributed by atoms with Crippen LogP contribution < -0.4 is 10.6 Å². The second-order valence-electron chi connectivity index (χ2n) is 6.61. The van der Waals surface area contributed by atoms with Crippen molar-refractivity contribution in [2.45, 2.75) is 46.0 Å². The van der Waals surface area contributed by atoms with E-state index in [-0.39, 0.29) is 11.9 Å². The molecule has 2 N–H and O–H groups in total. The van der Waals surface area contributed by atoms with E-state index in [1.165, 1.54) is 19.3 Å². The minimum absolute atomic E-state index is 0.0389. The molecule has 2 rings (SSSR count). The van der Waals surface area contributed by atoms with Crippen LogP contribution in [0.2, 0.25) is 0 Å². The number of likely N-dealkylation sites (tertiary alicyclic amines) is 1. The van der Waals surface area contributed by atoms with Crippen LogP contribution in [0, 0.1) is 12.8 Å². The molecule has 5 heteroatoms. The maximum Gasteiger partial charge on any atom is 0.321 e. The largest absolute Gasteiger partial charge is 0.355 e. The Balaban J connectivity index is 1.98. The van der Waals surface area contributed by atoms with Crippen LogP contribution in [-0.2, 0) is 0 Å². The van der Waals surface area contributed by atoms with Crippen molar-refractivity contribution in [3.63, 3.8) is 0 Å². The van der Waals surface area contributed by atoms with Crippen LogP contribution in [0.1, 0.15) is 54.9 Å². The molecule has 0 aromatic heterocycles. The molecule has 0 bridgehead atoms. The summed E-state index contributed by atoms with van der Waals surface area (Å²) in [5.74, 6) is 0.631.